The zero-order valence-electron chi connectivity index (χ0n) is 5.68. The predicted molar refractivity (Wildman–Crippen MR) is 35.0 cm³/mol. The van der Waals surface area contributed by atoms with E-state index in [9.17, 15) is 4.79 Å². The molecular formula is C4H11ClN2O. The van der Waals surface area contributed by atoms with Gasteiger partial charge in [-0.2, -0.15) is 0 Å². The Morgan fingerprint density at radius 2 is 2.50 bits per heavy atom. The first-order chi connectivity index (χ1) is 3.68. The molecule has 0 aromatic rings. The highest BCUT2D eigenvalue weighted by Gasteiger charge is 2.00. The molecule has 0 fully saturated rings. The summed E-state index contributed by atoms with van der Waals surface area (Å²) in [5.41, 5.74) is 5.13. The fraction of sp³-hybridized carbons (Fsp3) is 0.750. The summed E-state index contributed by atoms with van der Waals surface area (Å²) in [5, 5.41) is 2.25. The molecule has 0 heterocycles. The van der Waals surface area contributed by atoms with Gasteiger partial charge in [-0.25, -0.2) is 0 Å². The van der Waals surface area contributed by atoms with Gasteiger partial charge in [-0.1, -0.05) is 0 Å². The Labute approximate surface area is 56.4 Å². The van der Waals surface area contributed by atoms with E-state index in [1.807, 2.05) is 0 Å². The molecule has 50 valence electrons. The summed E-state index contributed by atoms with van der Waals surface area (Å²) in [6.07, 6.45) is 0. The fourth-order valence-electron chi connectivity index (χ4n) is 0.161. The number of likely N-dealkylation sites (N-methyl/N-ethyl adjacent to an activating group) is 1. The van der Waals surface area contributed by atoms with E-state index in [1.165, 1.54) is 0 Å². The van der Waals surface area contributed by atoms with Crippen molar-refractivity contribution in [2.45, 2.75) is 13.0 Å². The van der Waals surface area contributed by atoms with E-state index in [1.54, 1.807) is 6.92 Å². The second-order valence-electron chi connectivity index (χ2n) is 1.33. The van der Waals surface area contributed by atoms with Crippen LogP contribution in [0.5, 0.6) is 0 Å². The summed E-state index contributed by atoms with van der Waals surface area (Å²) in [4.78, 5) is 10.4. The fourth-order valence-corrected chi connectivity index (χ4v) is 0.161. The average molecular weight is 140 g/mol. The van der Waals surface area contributed by atoms with Gasteiger partial charge in [0.25, 0.3) is 0 Å². The largest absolute Gasteiger partial charge is 0.358 e. The van der Waals surface area contributed by atoms with E-state index in [4.69, 9.17) is 7.10 Å². The van der Waals surface area contributed by atoms with Gasteiger partial charge in [0.15, 0.2) is 0 Å². The zero-order chi connectivity index (χ0) is 6.57. The molecule has 8 heavy (non-hydrogen) atoms. The highest BCUT2D eigenvalue weighted by molar-refractivity contribution is 5.85. The molecule has 0 aliphatic rings. The lowest BCUT2D eigenvalue weighted by Gasteiger charge is -1.99. The van der Waals surface area contributed by atoms with Gasteiger partial charge in [-0.15, -0.1) is 12.4 Å². The van der Waals surface area contributed by atoms with Crippen LogP contribution in [0.15, 0.2) is 0 Å². The first-order valence-electron chi connectivity index (χ1n) is 2.71. The molecule has 0 saturated carbocycles. The Morgan fingerprint density at radius 1 is 2.00 bits per heavy atom. The van der Waals surface area contributed by atoms with Gasteiger partial charge >= 0.3 is 0 Å². The number of halogens is 1. The van der Waals surface area contributed by atoms with Crippen molar-refractivity contribution >= 4 is 18.3 Å². The number of rotatable bonds is 1. The van der Waals surface area contributed by atoms with Crippen LogP contribution in [-0.4, -0.2) is 19.0 Å². The monoisotopic (exact) mass is 139 g/mol. The quantitative estimate of drug-likeness (QED) is 0.515. The molecule has 0 bridgehead atoms. The topological polar surface area (TPSA) is 55.1 Å². The van der Waals surface area contributed by atoms with Crippen LogP contribution in [0.2, 0.25) is 0 Å². The van der Waals surface area contributed by atoms with Gasteiger partial charge < -0.3 is 11.1 Å². The minimum Gasteiger partial charge on any atom is -0.358 e. The molecule has 3 nitrogen and oxygen atoms in total. The highest BCUT2D eigenvalue weighted by Crippen LogP contribution is 1.69. The van der Waals surface area contributed by atoms with Crippen molar-refractivity contribution in [2.75, 3.05) is 7.02 Å². The second-order valence-corrected chi connectivity index (χ2v) is 1.33. The van der Waals surface area contributed by atoms with Crippen molar-refractivity contribution in [1.82, 2.24) is 5.32 Å². The molecule has 4 heteroatoms. The average Bonchev–Trinajstić information content (AvgIpc) is 1.67. The molecule has 0 aromatic heterocycles. The van der Waals surface area contributed by atoms with Crippen molar-refractivity contribution in [3.05, 3.63) is 0 Å². The molecule has 1 amide bonds. The number of nitrogens with one attached hydrogen (secondary N) is 1. The number of hydrogen-bond acceptors (Lipinski definition) is 2. The second kappa shape index (κ2) is 4.87. The van der Waals surface area contributed by atoms with Gasteiger partial charge in [0.05, 0.1) is 6.04 Å². The molecule has 0 spiro atoms. The van der Waals surface area contributed by atoms with E-state index in [0.717, 1.165) is 0 Å². The third-order valence-electron chi connectivity index (χ3n) is 0.588. The van der Waals surface area contributed by atoms with Crippen LogP contribution in [0, 0.1) is 0 Å². The molecule has 1 atom stereocenters. The van der Waals surface area contributed by atoms with Crippen molar-refractivity contribution in [3.63, 3.8) is 0 Å². The molecular weight excluding hydrogens is 128 g/mol. The van der Waals surface area contributed by atoms with E-state index < -0.39 is 6.04 Å². The van der Waals surface area contributed by atoms with Crippen molar-refractivity contribution < 1.29 is 6.17 Å². The van der Waals surface area contributed by atoms with Gasteiger partial charge in [0, 0.05) is 8.39 Å². The summed E-state index contributed by atoms with van der Waals surface area (Å²) < 4.78 is 6.54. The summed E-state index contributed by atoms with van der Waals surface area (Å²) >= 11 is 0. The molecule has 0 aliphatic heterocycles. The SMILES string of the molecule is Cl.[2H]CNC(=O)[C@H](C)N. The van der Waals surface area contributed by atoms with Crippen molar-refractivity contribution in [1.29, 1.82) is 0 Å². The minimum atomic E-state index is -0.500. The lowest BCUT2D eigenvalue weighted by molar-refractivity contribution is -0.121. The van der Waals surface area contributed by atoms with Gasteiger partial charge in [0.1, 0.15) is 0 Å². The first-order valence-corrected chi connectivity index (χ1v) is 2.01. The van der Waals surface area contributed by atoms with E-state index in [-0.39, 0.29) is 25.3 Å². The maximum absolute atomic E-state index is 10.4. The third kappa shape index (κ3) is 3.89. The normalized spacial score (nSPS) is 13.0. The molecule has 0 radical (unpaired) electrons. The molecule has 3 N–H and O–H groups in total. The number of hydrogen-bond donors (Lipinski definition) is 2. The van der Waals surface area contributed by atoms with Crippen LogP contribution < -0.4 is 11.1 Å². The summed E-state index contributed by atoms with van der Waals surface area (Å²) in [5.74, 6) is -0.278. The summed E-state index contributed by atoms with van der Waals surface area (Å²) in [6, 6.07) is -0.500. The van der Waals surface area contributed by atoms with Crippen LogP contribution in [-0.2, 0) is 4.79 Å². The Hall–Kier alpha value is -0.280. The molecule has 0 rings (SSSR count). The maximum atomic E-state index is 10.4. The lowest BCUT2D eigenvalue weighted by Crippen LogP contribution is -2.35. The standard InChI is InChI=1S/C4H10N2O.ClH/c1-3(5)4(7)6-2;/h3H,5H2,1-2H3,(H,6,7);1H/t3-;/m0./s1/i2D;. The molecule has 0 saturated heterocycles. The van der Waals surface area contributed by atoms with Crippen LogP contribution >= 0.6 is 12.4 Å². The van der Waals surface area contributed by atoms with E-state index in [0.29, 0.717) is 0 Å². The number of nitrogens with two attached hydrogens (primary N) is 1. The van der Waals surface area contributed by atoms with Gasteiger partial charge in [-0.05, 0) is 6.92 Å². The van der Waals surface area contributed by atoms with Gasteiger partial charge in [0.2, 0.25) is 5.91 Å². The van der Waals surface area contributed by atoms with Crippen molar-refractivity contribution in [3.8, 4) is 0 Å². The zero-order valence-corrected chi connectivity index (χ0v) is 5.49. The Morgan fingerprint density at radius 3 is 2.62 bits per heavy atom. The highest BCUT2D eigenvalue weighted by atomic mass is 35.5. The number of carbonyl (C=O) groups is 1. The van der Waals surface area contributed by atoms with Crippen LogP contribution in [0.3, 0.4) is 0 Å². The van der Waals surface area contributed by atoms with E-state index >= 15 is 0 Å². The minimum absolute atomic E-state index is 0. The third-order valence-corrected chi connectivity index (χ3v) is 0.588. The lowest BCUT2D eigenvalue weighted by atomic mass is 10.3. The molecule has 0 unspecified atom stereocenters. The van der Waals surface area contributed by atoms with Crippen LogP contribution in [0.1, 0.15) is 8.29 Å². The molecule has 0 aromatic carbocycles. The van der Waals surface area contributed by atoms with E-state index in [2.05, 4.69) is 5.32 Å². The Balaban J connectivity index is 0. The number of carbonyl (C=O) groups excluding carboxylic acids is 1. The number of amides is 1. The van der Waals surface area contributed by atoms with Gasteiger partial charge in [-0.3, -0.25) is 4.79 Å². The van der Waals surface area contributed by atoms with Crippen LogP contribution in [0.4, 0.5) is 0 Å². The smallest absolute Gasteiger partial charge is 0.236 e. The summed E-state index contributed by atoms with van der Waals surface area (Å²) in [6.45, 7) is 1.57. The van der Waals surface area contributed by atoms with Crippen molar-refractivity contribution in [2.24, 2.45) is 5.73 Å². The predicted octanol–water partition coefficient (Wildman–Crippen LogP) is -0.499. The van der Waals surface area contributed by atoms with Crippen LogP contribution in [0.25, 0.3) is 0 Å². The first kappa shape index (κ1) is 7.72. The maximum Gasteiger partial charge on any atom is 0.236 e. The Kier molecular flexibility index (Phi) is 4.70. The molecule has 0 aliphatic carbocycles. The Bertz CT molecular complexity index is 88.6. The summed E-state index contributed by atoms with van der Waals surface area (Å²) in [7, 11) is -0.0969.